The molecule has 0 radical (unpaired) electrons. The Morgan fingerprint density at radius 2 is 1.74 bits per heavy atom. The van der Waals surface area contributed by atoms with Gasteiger partial charge in [-0.15, -0.1) is 0 Å². The van der Waals surface area contributed by atoms with Gasteiger partial charge in [-0.1, -0.05) is 30.3 Å². The highest BCUT2D eigenvalue weighted by Crippen LogP contribution is 2.39. The van der Waals surface area contributed by atoms with Crippen LogP contribution in [-0.4, -0.2) is 43.4 Å². The van der Waals surface area contributed by atoms with Crippen LogP contribution in [0.2, 0.25) is 0 Å². The average Bonchev–Trinajstić information content (AvgIpc) is 3.24. The van der Waals surface area contributed by atoms with Crippen molar-refractivity contribution < 1.29 is 14.2 Å². The van der Waals surface area contributed by atoms with Crippen LogP contribution < -0.4 is 24.8 Å². The molecule has 2 N–H and O–H groups in total. The molecule has 2 aromatic carbocycles. The largest absolute Gasteiger partial charge is 0.493 e. The SMILES string of the molecule is CCNC(=NCc1nccn1Cc1ccccc1)Nc1cc(OC)c(OC)c(OC)c1. The fraction of sp³-hybridized carbons (Fsp3) is 0.304. The fourth-order valence-corrected chi connectivity index (χ4v) is 3.16. The van der Waals surface area contributed by atoms with Gasteiger partial charge in [-0.25, -0.2) is 9.98 Å². The van der Waals surface area contributed by atoms with Gasteiger partial charge >= 0.3 is 0 Å². The summed E-state index contributed by atoms with van der Waals surface area (Å²) < 4.78 is 18.4. The Morgan fingerprint density at radius 1 is 1.03 bits per heavy atom. The molecule has 0 bridgehead atoms. The number of hydrogen-bond donors (Lipinski definition) is 2. The molecule has 0 spiro atoms. The molecular weight excluding hydrogens is 394 g/mol. The quantitative estimate of drug-likeness (QED) is 0.405. The van der Waals surface area contributed by atoms with Crippen molar-refractivity contribution in [2.24, 2.45) is 4.99 Å². The number of anilines is 1. The van der Waals surface area contributed by atoms with Gasteiger partial charge in [0.2, 0.25) is 5.75 Å². The minimum absolute atomic E-state index is 0.430. The number of methoxy groups -OCH3 is 3. The standard InChI is InChI=1S/C23H29N5O3/c1-5-24-23(27-18-13-19(29-2)22(31-4)20(14-18)30-3)26-15-21-25-11-12-28(21)16-17-9-7-6-8-10-17/h6-14H,5,15-16H2,1-4H3,(H2,24,26,27). The first-order valence-electron chi connectivity index (χ1n) is 10.1. The lowest BCUT2D eigenvalue weighted by Crippen LogP contribution is -2.30. The van der Waals surface area contributed by atoms with Crippen LogP contribution >= 0.6 is 0 Å². The van der Waals surface area contributed by atoms with Gasteiger partial charge in [0.05, 0.1) is 21.3 Å². The van der Waals surface area contributed by atoms with Crippen molar-refractivity contribution >= 4 is 11.6 Å². The highest BCUT2D eigenvalue weighted by molar-refractivity contribution is 5.94. The molecular formula is C23H29N5O3. The van der Waals surface area contributed by atoms with Crippen LogP contribution in [0.1, 0.15) is 18.3 Å². The molecule has 0 aliphatic heterocycles. The highest BCUT2D eigenvalue weighted by atomic mass is 16.5. The molecule has 31 heavy (non-hydrogen) atoms. The molecule has 1 heterocycles. The van der Waals surface area contributed by atoms with E-state index < -0.39 is 0 Å². The van der Waals surface area contributed by atoms with Gasteiger partial charge in [0.15, 0.2) is 17.5 Å². The van der Waals surface area contributed by atoms with Gasteiger partial charge in [-0.3, -0.25) is 0 Å². The first-order valence-corrected chi connectivity index (χ1v) is 10.1. The maximum Gasteiger partial charge on any atom is 0.203 e. The van der Waals surface area contributed by atoms with Crippen LogP contribution in [0.3, 0.4) is 0 Å². The van der Waals surface area contributed by atoms with E-state index in [1.807, 2.05) is 43.5 Å². The zero-order chi connectivity index (χ0) is 22.1. The van der Waals surface area contributed by atoms with Gasteiger partial charge < -0.3 is 29.4 Å². The number of aromatic nitrogens is 2. The van der Waals surface area contributed by atoms with E-state index in [-0.39, 0.29) is 0 Å². The van der Waals surface area contributed by atoms with E-state index in [0.717, 1.165) is 18.1 Å². The lowest BCUT2D eigenvalue weighted by Gasteiger charge is -2.16. The van der Waals surface area contributed by atoms with E-state index in [1.165, 1.54) is 5.56 Å². The maximum atomic E-state index is 5.43. The van der Waals surface area contributed by atoms with Crippen molar-refractivity contribution in [2.45, 2.75) is 20.0 Å². The topological polar surface area (TPSA) is 81.9 Å². The van der Waals surface area contributed by atoms with Crippen LogP contribution in [-0.2, 0) is 13.1 Å². The summed E-state index contributed by atoms with van der Waals surface area (Å²) in [5, 5.41) is 6.55. The fourth-order valence-electron chi connectivity index (χ4n) is 3.16. The highest BCUT2D eigenvalue weighted by Gasteiger charge is 2.14. The first-order chi connectivity index (χ1) is 15.2. The minimum Gasteiger partial charge on any atom is -0.493 e. The molecule has 0 fully saturated rings. The Hall–Kier alpha value is -3.68. The summed E-state index contributed by atoms with van der Waals surface area (Å²) in [6, 6.07) is 14.0. The molecule has 1 aromatic heterocycles. The van der Waals surface area contributed by atoms with Crippen molar-refractivity contribution in [1.29, 1.82) is 0 Å². The van der Waals surface area contributed by atoms with Gasteiger partial charge in [0.25, 0.3) is 0 Å². The van der Waals surface area contributed by atoms with Gasteiger partial charge in [0.1, 0.15) is 12.4 Å². The van der Waals surface area contributed by atoms with Crippen molar-refractivity contribution in [2.75, 3.05) is 33.2 Å². The van der Waals surface area contributed by atoms with Crippen molar-refractivity contribution in [3.63, 3.8) is 0 Å². The lowest BCUT2D eigenvalue weighted by molar-refractivity contribution is 0.324. The third kappa shape index (κ3) is 5.69. The second-order valence-corrected chi connectivity index (χ2v) is 6.69. The van der Waals surface area contributed by atoms with Crippen LogP contribution in [0.5, 0.6) is 17.2 Å². The van der Waals surface area contributed by atoms with Crippen LogP contribution in [0.15, 0.2) is 59.9 Å². The number of hydrogen-bond acceptors (Lipinski definition) is 5. The predicted octanol–water partition coefficient (Wildman–Crippen LogP) is 3.53. The summed E-state index contributed by atoms with van der Waals surface area (Å²) in [6.07, 6.45) is 3.77. The number of aliphatic imine (C=N–C) groups is 1. The Morgan fingerprint density at radius 3 is 2.35 bits per heavy atom. The van der Waals surface area contributed by atoms with Crippen molar-refractivity contribution in [3.8, 4) is 17.2 Å². The molecule has 164 valence electrons. The van der Waals surface area contributed by atoms with Crippen LogP contribution in [0, 0.1) is 0 Å². The molecule has 0 unspecified atom stereocenters. The number of benzene rings is 2. The lowest BCUT2D eigenvalue weighted by atomic mass is 10.2. The first kappa shape index (κ1) is 22.0. The Balaban J connectivity index is 1.78. The predicted molar refractivity (Wildman–Crippen MR) is 122 cm³/mol. The number of rotatable bonds is 9. The normalized spacial score (nSPS) is 11.2. The van der Waals surface area contributed by atoms with Crippen LogP contribution in [0.25, 0.3) is 0 Å². The third-order valence-corrected chi connectivity index (χ3v) is 4.65. The summed E-state index contributed by atoms with van der Waals surface area (Å²) in [7, 11) is 4.76. The number of nitrogens with one attached hydrogen (secondary N) is 2. The Bertz CT molecular complexity index is 976. The maximum absolute atomic E-state index is 5.43. The molecule has 0 amide bonds. The average molecular weight is 424 g/mol. The second kappa shape index (κ2) is 10.9. The number of ether oxygens (including phenoxy) is 3. The Kier molecular flexibility index (Phi) is 7.75. The summed E-state index contributed by atoms with van der Waals surface area (Å²) >= 11 is 0. The number of guanidine groups is 1. The van der Waals surface area contributed by atoms with Gasteiger partial charge in [-0.2, -0.15) is 0 Å². The van der Waals surface area contributed by atoms with Crippen molar-refractivity contribution in [3.05, 3.63) is 66.2 Å². The summed E-state index contributed by atoms with van der Waals surface area (Å²) in [5.74, 6) is 3.19. The smallest absolute Gasteiger partial charge is 0.203 e. The molecule has 0 atom stereocenters. The Labute approximate surface area is 182 Å². The van der Waals surface area contributed by atoms with Crippen LogP contribution in [0.4, 0.5) is 5.69 Å². The van der Waals surface area contributed by atoms with Gasteiger partial charge in [-0.05, 0) is 12.5 Å². The van der Waals surface area contributed by atoms with E-state index in [0.29, 0.717) is 36.3 Å². The van der Waals surface area contributed by atoms with Crippen molar-refractivity contribution in [1.82, 2.24) is 14.9 Å². The molecule has 0 saturated carbocycles. The number of imidazole rings is 1. The van der Waals surface area contributed by atoms with E-state index >= 15 is 0 Å². The third-order valence-electron chi connectivity index (χ3n) is 4.65. The molecule has 8 nitrogen and oxygen atoms in total. The molecule has 3 aromatic rings. The zero-order valence-electron chi connectivity index (χ0n) is 18.4. The molecule has 0 saturated heterocycles. The molecule has 3 rings (SSSR count). The number of nitrogens with zero attached hydrogens (tertiary/aromatic N) is 3. The minimum atomic E-state index is 0.430. The molecule has 0 aliphatic carbocycles. The zero-order valence-corrected chi connectivity index (χ0v) is 18.4. The molecule has 8 heteroatoms. The second-order valence-electron chi connectivity index (χ2n) is 6.69. The molecule has 0 aliphatic rings. The van der Waals surface area contributed by atoms with E-state index in [4.69, 9.17) is 19.2 Å². The monoisotopic (exact) mass is 423 g/mol. The van der Waals surface area contributed by atoms with E-state index in [2.05, 4.69) is 32.3 Å². The summed E-state index contributed by atoms with van der Waals surface area (Å²) in [5.41, 5.74) is 1.98. The van der Waals surface area contributed by atoms with E-state index in [9.17, 15) is 0 Å². The summed E-state index contributed by atoms with van der Waals surface area (Å²) in [6.45, 7) is 3.92. The van der Waals surface area contributed by atoms with E-state index in [1.54, 1.807) is 27.5 Å². The summed E-state index contributed by atoms with van der Waals surface area (Å²) in [4.78, 5) is 9.18. The van der Waals surface area contributed by atoms with Gasteiger partial charge in [0, 0.05) is 43.3 Å².